The lowest BCUT2D eigenvalue weighted by atomic mass is 10.1. The van der Waals surface area contributed by atoms with E-state index in [2.05, 4.69) is 35.9 Å². The van der Waals surface area contributed by atoms with Crippen LogP contribution in [0, 0.1) is 0 Å². The average molecular weight is 258 g/mol. The number of nitrogens with zero attached hydrogens (tertiary/aromatic N) is 1. The van der Waals surface area contributed by atoms with Gasteiger partial charge < -0.3 is 15.0 Å². The molecule has 102 valence electrons. The van der Waals surface area contributed by atoms with Crippen molar-refractivity contribution in [3.8, 4) is 17.0 Å². The number of benzene rings is 1. The van der Waals surface area contributed by atoms with E-state index in [1.807, 2.05) is 13.0 Å². The van der Waals surface area contributed by atoms with E-state index in [4.69, 9.17) is 10.5 Å². The Morgan fingerprint density at radius 2 is 1.95 bits per heavy atom. The Bertz CT molecular complexity index is 558. The van der Waals surface area contributed by atoms with Crippen molar-refractivity contribution in [2.45, 2.75) is 26.8 Å². The summed E-state index contributed by atoms with van der Waals surface area (Å²) in [6, 6.07) is 8.59. The molecule has 19 heavy (non-hydrogen) atoms. The Morgan fingerprint density at radius 1 is 1.21 bits per heavy atom. The van der Waals surface area contributed by atoms with E-state index in [0.29, 0.717) is 0 Å². The lowest BCUT2D eigenvalue weighted by Crippen LogP contribution is -1.94. The lowest BCUT2D eigenvalue weighted by Gasteiger charge is -2.08. The molecule has 1 aromatic carbocycles. The van der Waals surface area contributed by atoms with Crippen LogP contribution in [-0.4, -0.2) is 18.2 Å². The van der Waals surface area contributed by atoms with Crippen molar-refractivity contribution in [3.63, 3.8) is 0 Å². The van der Waals surface area contributed by atoms with E-state index in [-0.39, 0.29) is 0 Å². The smallest absolute Gasteiger partial charge is 0.119 e. The summed E-state index contributed by atoms with van der Waals surface area (Å²) in [6.07, 6.45) is 3.23. The predicted molar refractivity (Wildman–Crippen MR) is 79.6 cm³/mol. The first kappa shape index (κ1) is 13.7. The van der Waals surface area contributed by atoms with Crippen LogP contribution in [0.5, 0.6) is 5.75 Å². The second-order valence-electron chi connectivity index (χ2n) is 4.58. The molecular formula is C16H22N2O. The summed E-state index contributed by atoms with van der Waals surface area (Å²) in [7, 11) is 1.72. The number of hydrogen-bond donors (Lipinski definition) is 1. The van der Waals surface area contributed by atoms with Crippen LogP contribution in [0.15, 0.2) is 30.5 Å². The van der Waals surface area contributed by atoms with E-state index < -0.39 is 0 Å². The summed E-state index contributed by atoms with van der Waals surface area (Å²) in [5.74, 6) is 0.940. The average Bonchev–Trinajstić information content (AvgIpc) is 2.97. The molecule has 1 aliphatic rings. The van der Waals surface area contributed by atoms with Crippen LogP contribution in [0.4, 0.5) is 0 Å². The van der Waals surface area contributed by atoms with Gasteiger partial charge in [-0.25, -0.2) is 0 Å². The molecule has 1 aromatic heterocycles. The summed E-state index contributed by atoms with van der Waals surface area (Å²) < 4.78 is 7.60. The molecular weight excluding hydrogens is 236 g/mol. The minimum Gasteiger partial charge on any atom is -0.497 e. The molecule has 0 bridgehead atoms. The van der Waals surface area contributed by atoms with Gasteiger partial charge in [-0.1, -0.05) is 13.0 Å². The third-order valence-electron chi connectivity index (χ3n) is 3.34. The molecule has 0 spiro atoms. The van der Waals surface area contributed by atoms with E-state index >= 15 is 0 Å². The summed E-state index contributed by atoms with van der Waals surface area (Å²) in [4.78, 5) is 0. The first-order valence-electron chi connectivity index (χ1n) is 6.80. The van der Waals surface area contributed by atoms with Crippen molar-refractivity contribution in [2.75, 3.05) is 13.7 Å². The van der Waals surface area contributed by atoms with Gasteiger partial charge in [-0.15, -0.1) is 0 Å². The number of methoxy groups -OCH3 is 1. The molecule has 0 unspecified atom stereocenters. The maximum atomic E-state index is 5.30. The van der Waals surface area contributed by atoms with E-state index in [1.54, 1.807) is 7.11 Å². The van der Waals surface area contributed by atoms with Crippen molar-refractivity contribution < 1.29 is 4.74 Å². The van der Waals surface area contributed by atoms with Crippen molar-refractivity contribution in [2.24, 2.45) is 5.73 Å². The minimum atomic E-state index is 0.750. The van der Waals surface area contributed by atoms with Crippen LogP contribution in [0.25, 0.3) is 11.3 Å². The molecule has 3 heteroatoms. The monoisotopic (exact) mass is 258 g/mol. The van der Waals surface area contributed by atoms with Crippen LogP contribution < -0.4 is 10.5 Å². The lowest BCUT2D eigenvalue weighted by molar-refractivity contribution is 0.415. The molecule has 1 heterocycles. The standard InChI is InChI=1S/C14H15NO.C2H7N/c1-3-15-7-6-11-8-10-4-5-12(16-2)9-13(10)14(11)15;1-2-3/h4-7,9H,3,8H2,1-2H3;2-3H2,1H3. The van der Waals surface area contributed by atoms with Gasteiger partial charge in [-0.2, -0.15) is 0 Å². The van der Waals surface area contributed by atoms with Gasteiger partial charge >= 0.3 is 0 Å². The number of aromatic nitrogens is 1. The summed E-state index contributed by atoms with van der Waals surface area (Å²) in [6.45, 7) is 5.85. The van der Waals surface area contributed by atoms with Gasteiger partial charge in [-0.3, -0.25) is 0 Å². The topological polar surface area (TPSA) is 40.2 Å². The molecule has 0 saturated heterocycles. The van der Waals surface area contributed by atoms with Crippen molar-refractivity contribution in [1.29, 1.82) is 0 Å². The van der Waals surface area contributed by atoms with Crippen molar-refractivity contribution >= 4 is 0 Å². The zero-order chi connectivity index (χ0) is 13.8. The Labute approximate surface area is 115 Å². The van der Waals surface area contributed by atoms with Gasteiger partial charge in [0.25, 0.3) is 0 Å². The number of aryl methyl sites for hydroxylation is 1. The molecule has 2 N–H and O–H groups in total. The highest BCUT2D eigenvalue weighted by atomic mass is 16.5. The maximum Gasteiger partial charge on any atom is 0.119 e. The molecule has 0 fully saturated rings. The highest BCUT2D eigenvalue weighted by Gasteiger charge is 2.21. The van der Waals surface area contributed by atoms with Gasteiger partial charge in [0, 0.05) is 24.7 Å². The number of hydrogen-bond acceptors (Lipinski definition) is 2. The number of rotatable bonds is 2. The van der Waals surface area contributed by atoms with E-state index in [0.717, 1.165) is 25.3 Å². The third kappa shape index (κ3) is 2.51. The fourth-order valence-corrected chi connectivity index (χ4v) is 2.51. The van der Waals surface area contributed by atoms with E-state index in [1.165, 1.54) is 22.4 Å². The fraction of sp³-hybridized carbons (Fsp3) is 0.375. The predicted octanol–water partition coefficient (Wildman–Crippen LogP) is 3.05. The fourth-order valence-electron chi connectivity index (χ4n) is 2.51. The van der Waals surface area contributed by atoms with Crippen LogP contribution in [0.3, 0.4) is 0 Å². The Morgan fingerprint density at radius 3 is 2.58 bits per heavy atom. The molecule has 0 atom stereocenters. The van der Waals surface area contributed by atoms with E-state index in [9.17, 15) is 0 Å². The molecule has 3 rings (SSSR count). The largest absolute Gasteiger partial charge is 0.497 e. The van der Waals surface area contributed by atoms with Gasteiger partial charge in [-0.05, 0) is 42.8 Å². The molecule has 0 amide bonds. The van der Waals surface area contributed by atoms with Gasteiger partial charge in [0.1, 0.15) is 5.75 Å². The highest BCUT2D eigenvalue weighted by molar-refractivity contribution is 5.75. The Hall–Kier alpha value is -1.74. The zero-order valence-corrected chi connectivity index (χ0v) is 11.9. The highest BCUT2D eigenvalue weighted by Crippen LogP contribution is 2.39. The van der Waals surface area contributed by atoms with Crippen LogP contribution >= 0.6 is 0 Å². The van der Waals surface area contributed by atoms with Crippen LogP contribution in [0.2, 0.25) is 0 Å². The third-order valence-corrected chi connectivity index (χ3v) is 3.34. The molecule has 0 saturated carbocycles. The molecule has 0 radical (unpaired) electrons. The quantitative estimate of drug-likeness (QED) is 0.767. The van der Waals surface area contributed by atoms with Gasteiger partial charge in [0.15, 0.2) is 0 Å². The zero-order valence-electron chi connectivity index (χ0n) is 11.9. The second kappa shape index (κ2) is 5.93. The Kier molecular flexibility index (Phi) is 4.27. The summed E-state index contributed by atoms with van der Waals surface area (Å²) in [5, 5.41) is 0. The molecule has 3 nitrogen and oxygen atoms in total. The minimum absolute atomic E-state index is 0.750. The number of fused-ring (bicyclic) bond motifs is 3. The van der Waals surface area contributed by atoms with Gasteiger partial charge in [0.05, 0.1) is 12.8 Å². The second-order valence-corrected chi connectivity index (χ2v) is 4.58. The molecule has 0 aliphatic heterocycles. The normalized spacial score (nSPS) is 11.4. The van der Waals surface area contributed by atoms with Crippen molar-refractivity contribution in [1.82, 2.24) is 4.57 Å². The first-order chi connectivity index (χ1) is 9.24. The number of ether oxygens (including phenoxy) is 1. The van der Waals surface area contributed by atoms with Crippen LogP contribution in [0.1, 0.15) is 25.0 Å². The summed E-state index contributed by atoms with van der Waals surface area (Å²) in [5.41, 5.74) is 10.4. The molecule has 2 aromatic rings. The SMILES string of the molecule is CCN.CCn1ccc2c1-c1cc(OC)ccc1C2. The molecule has 1 aliphatic carbocycles. The first-order valence-corrected chi connectivity index (χ1v) is 6.80. The van der Waals surface area contributed by atoms with Crippen LogP contribution in [-0.2, 0) is 13.0 Å². The summed E-state index contributed by atoms with van der Waals surface area (Å²) >= 11 is 0. The maximum absolute atomic E-state index is 5.30. The number of nitrogens with two attached hydrogens (primary N) is 1. The Balaban J connectivity index is 0.000000408. The van der Waals surface area contributed by atoms with Crippen molar-refractivity contribution in [3.05, 3.63) is 41.6 Å². The van der Waals surface area contributed by atoms with Gasteiger partial charge in [0.2, 0.25) is 0 Å².